The van der Waals surface area contributed by atoms with Crippen LogP contribution >= 0.6 is 0 Å². The number of aliphatic hydroxyl groups excluding tert-OH is 1. The van der Waals surface area contributed by atoms with Gasteiger partial charge in [0.2, 0.25) is 0 Å². The molecular formula is C10H16N2O2. The summed E-state index contributed by atoms with van der Waals surface area (Å²) in [7, 11) is 0. The van der Waals surface area contributed by atoms with Crippen molar-refractivity contribution in [3.8, 4) is 0 Å². The van der Waals surface area contributed by atoms with Gasteiger partial charge in [-0.3, -0.25) is 4.90 Å². The Morgan fingerprint density at radius 3 is 3.21 bits per heavy atom. The second-order valence-corrected chi connectivity index (χ2v) is 3.88. The fraction of sp³-hybridized carbons (Fsp3) is 0.700. The van der Waals surface area contributed by atoms with Crippen LogP contribution in [-0.4, -0.2) is 34.4 Å². The molecule has 1 atom stereocenters. The van der Waals surface area contributed by atoms with Crippen LogP contribution in [0.5, 0.6) is 0 Å². The van der Waals surface area contributed by atoms with Crippen molar-refractivity contribution in [1.82, 2.24) is 10.1 Å². The van der Waals surface area contributed by atoms with Crippen LogP contribution in [0.2, 0.25) is 0 Å². The Morgan fingerprint density at radius 1 is 1.71 bits per heavy atom. The van der Waals surface area contributed by atoms with Crippen LogP contribution in [0.15, 0.2) is 10.6 Å². The number of likely N-dealkylation sites (tertiary alicyclic amines) is 1. The Balaban J connectivity index is 1.96. The molecule has 1 saturated heterocycles. The highest BCUT2D eigenvalue weighted by atomic mass is 16.5. The fourth-order valence-electron chi connectivity index (χ4n) is 2.00. The number of rotatable bonds is 3. The van der Waals surface area contributed by atoms with Crippen molar-refractivity contribution in [3.05, 3.63) is 17.5 Å². The first-order chi connectivity index (χ1) is 6.79. The molecular weight excluding hydrogens is 180 g/mol. The van der Waals surface area contributed by atoms with Gasteiger partial charge < -0.3 is 9.63 Å². The van der Waals surface area contributed by atoms with Crippen molar-refractivity contribution < 1.29 is 9.63 Å². The smallest absolute Gasteiger partial charge is 0.150 e. The number of nitrogens with zero attached hydrogens (tertiary/aromatic N) is 2. The third-order valence-corrected chi connectivity index (χ3v) is 2.75. The van der Waals surface area contributed by atoms with Crippen LogP contribution in [0.4, 0.5) is 0 Å². The van der Waals surface area contributed by atoms with Gasteiger partial charge in [0.15, 0.2) is 5.76 Å². The number of aromatic nitrogens is 1. The summed E-state index contributed by atoms with van der Waals surface area (Å²) in [5.74, 6) is 0.892. The van der Waals surface area contributed by atoms with E-state index in [2.05, 4.69) is 10.1 Å². The zero-order valence-electron chi connectivity index (χ0n) is 8.44. The number of hydrogen-bond acceptors (Lipinski definition) is 4. The predicted molar refractivity (Wildman–Crippen MR) is 51.8 cm³/mol. The standard InChI is InChI=1S/C10H16N2O2/c1-8-5-10(14-11-8)6-12-4-2-3-9(12)7-13/h5,9,13H,2-4,6-7H2,1H3/t9-/m0/s1. The van der Waals surface area contributed by atoms with E-state index in [1.54, 1.807) is 0 Å². The van der Waals surface area contributed by atoms with Gasteiger partial charge in [-0.1, -0.05) is 5.16 Å². The largest absolute Gasteiger partial charge is 0.395 e. The third kappa shape index (κ3) is 1.96. The molecule has 0 spiro atoms. The summed E-state index contributed by atoms with van der Waals surface area (Å²) < 4.78 is 5.15. The summed E-state index contributed by atoms with van der Waals surface area (Å²) in [5.41, 5.74) is 0.916. The van der Waals surface area contributed by atoms with E-state index in [-0.39, 0.29) is 6.61 Å². The molecule has 1 N–H and O–H groups in total. The lowest BCUT2D eigenvalue weighted by Gasteiger charge is -2.20. The molecule has 78 valence electrons. The normalized spacial score (nSPS) is 23.1. The zero-order chi connectivity index (χ0) is 9.97. The molecule has 2 rings (SSSR count). The van der Waals surface area contributed by atoms with Crippen molar-refractivity contribution in [2.75, 3.05) is 13.2 Å². The van der Waals surface area contributed by atoms with Crippen molar-refractivity contribution in [3.63, 3.8) is 0 Å². The number of aryl methyl sites for hydroxylation is 1. The Morgan fingerprint density at radius 2 is 2.57 bits per heavy atom. The molecule has 4 nitrogen and oxygen atoms in total. The molecule has 1 aliphatic rings. The molecule has 0 aliphatic carbocycles. The van der Waals surface area contributed by atoms with Gasteiger partial charge in [0, 0.05) is 12.1 Å². The van der Waals surface area contributed by atoms with Gasteiger partial charge in [-0.15, -0.1) is 0 Å². The van der Waals surface area contributed by atoms with Crippen LogP contribution in [-0.2, 0) is 6.54 Å². The minimum absolute atomic E-state index is 0.243. The molecule has 1 aliphatic heterocycles. The van der Waals surface area contributed by atoms with E-state index in [0.29, 0.717) is 6.04 Å². The molecule has 1 aromatic heterocycles. The Bertz CT molecular complexity index is 298. The van der Waals surface area contributed by atoms with Crippen LogP contribution < -0.4 is 0 Å². The quantitative estimate of drug-likeness (QED) is 0.781. The van der Waals surface area contributed by atoms with E-state index < -0.39 is 0 Å². The molecule has 0 bridgehead atoms. The van der Waals surface area contributed by atoms with E-state index in [9.17, 15) is 0 Å². The van der Waals surface area contributed by atoms with Gasteiger partial charge in [0.1, 0.15) is 0 Å². The Hall–Kier alpha value is -0.870. The second-order valence-electron chi connectivity index (χ2n) is 3.88. The zero-order valence-corrected chi connectivity index (χ0v) is 8.44. The van der Waals surface area contributed by atoms with Crippen molar-refractivity contribution >= 4 is 0 Å². The maximum absolute atomic E-state index is 9.13. The van der Waals surface area contributed by atoms with E-state index in [0.717, 1.165) is 31.0 Å². The Labute approximate surface area is 83.5 Å². The van der Waals surface area contributed by atoms with Gasteiger partial charge in [-0.25, -0.2) is 0 Å². The summed E-state index contributed by atoms with van der Waals surface area (Å²) in [6.45, 7) is 3.98. The van der Waals surface area contributed by atoms with Gasteiger partial charge >= 0.3 is 0 Å². The summed E-state index contributed by atoms with van der Waals surface area (Å²) in [5, 5.41) is 13.0. The lowest BCUT2D eigenvalue weighted by molar-refractivity contribution is 0.143. The van der Waals surface area contributed by atoms with Gasteiger partial charge in [-0.2, -0.15) is 0 Å². The Kier molecular flexibility index (Phi) is 2.84. The lowest BCUT2D eigenvalue weighted by Crippen LogP contribution is -2.31. The molecule has 2 heterocycles. The van der Waals surface area contributed by atoms with Gasteiger partial charge in [0.05, 0.1) is 18.8 Å². The van der Waals surface area contributed by atoms with E-state index in [1.165, 1.54) is 6.42 Å². The molecule has 0 unspecified atom stereocenters. The molecule has 0 aromatic carbocycles. The average Bonchev–Trinajstić information content (AvgIpc) is 2.76. The van der Waals surface area contributed by atoms with Crippen LogP contribution in [0, 0.1) is 6.92 Å². The summed E-state index contributed by atoms with van der Waals surface area (Å²) in [6.07, 6.45) is 2.25. The van der Waals surface area contributed by atoms with Gasteiger partial charge in [-0.05, 0) is 26.3 Å². The minimum Gasteiger partial charge on any atom is -0.395 e. The molecule has 0 radical (unpaired) electrons. The molecule has 0 amide bonds. The fourth-order valence-corrected chi connectivity index (χ4v) is 2.00. The first kappa shape index (κ1) is 9.68. The molecule has 4 heteroatoms. The van der Waals surface area contributed by atoms with Crippen molar-refractivity contribution in [1.29, 1.82) is 0 Å². The predicted octanol–water partition coefficient (Wildman–Crippen LogP) is 0.940. The van der Waals surface area contributed by atoms with Gasteiger partial charge in [0.25, 0.3) is 0 Å². The highest BCUT2D eigenvalue weighted by Crippen LogP contribution is 2.19. The van der Waals surface area contributed by atoms with E-state index >= 15 is 0 Å². The highest BCUT2D eigenvalue weighted by molar-refractivity contribution is 5.03. The first-order valence-electron chi connectivity index (χ1n) is 5.06. The van der Waals surface area contributed by atoms with E-state index in [4.69, 9.17) is 9.63 Å². The highest BCUT2D eigenvalue weighted by Gasteiger charge is 2.24. The van der Waals surface area contributed by atoms with Crippen LogP contribution in [0.25, 0.3) is 0 Å². The van der Waals surface area contributed by atoms with Crippen LogP contribution in [0.1, 0.15) is 24.3 Å². The van der Waals surface area contributed by atoms with Crippen molar-refractivity contribution in [2.24, 2.45) is 0 Å². The minimum atomic E-state index is 0.243. The number of aliphatic hydroxyl groups is 1. The maximum Gasteiger partial charge on any atom is 0.150 e. The molecule has 1 aromatic rings. The van der Waals surface area contributed by atoms with Crippen molar-refractivity contribution in [2.45, 2.75) is 32.4 Å². The van der Waals surface area contributed by atoms with E-state index in [1.807, 2.05) is 13.0 Å². The molecule has 1 fully saturated rings. The lowest BCUT2D eigenvalue weighted by atomic mass is 10.2. The molecule has 0 saturated carbocycles. The first-order valence-corrected chi connectivity index (χ1v) is 5.06. The SMILES string of the molecule is Cc1cc(CN2CCC[C@H]2CO)on1. The van der Waals surface area contributed by atoms with Crippen LogP contribution in [0.3, 0.4) is 0 Å². The monoisotopic (exact) mass is 196 g/mol. The summed E-state index contributed by atoms with van der Waals surface area (Å²) >= 11 is 0. The second kappa shape index (κ2) is 4.11. The average molecular weight is 196 g/mol. The number of hydrogen-bond donors (Lipinski definition) is 1. The topological polar surface area (TPSA) is 49.5 Å². The summed E-state index contributed by atoms with van der Waals surface area (Å²) in [4.78, 5) is 2.25. The summed E-state index contributed by atoms with van der Waals surface area (Å²) in [6, 6.07) is 2.26. The molecule has 14 heavy (non-hydrogen) atoms. The maximum atomic E-state index is 9.13. The third-order valence-electron chi connectivity index (χ3n) is 2.75.